The Hall–Kier alpha value is -2.54. The molecule has 0 saturated carbocycles. The molecule has 0 bridgehead atoms. The molecule has 1 saturated heterocycles. The molecule has 0 spiro atoms. The van der Waals surface area contributed by atoms with Crippen molar-refractivity contribution in [2.45, 2.75) is 52.5 Å². The predicted molar refractivity (Wildman–Crippen MR) is 128 cm³/mol. The van der Waals surface area contributed by atoms with Gasteiger partial charge in [-0.05, 0) is 87.1 Å². The Kier molecular flexibility index (Phi) is 7.26. The number of hydrogen-bond donors (Lipinski definition) is 1. The Labute approximate surface area is 186 Å². The van der Waals surface area contributed by atoms with Gasteiger partial charge in [-0.1, -0.05) is 13.0 Å². The minimum Gasteiger partial charge on any atom is -0.372 e. The van der Waals surface area contributed by atoms with E-state index in [9.17, 15) is 13.2 Å². The van der Waals surface area contributed by atoms with Gasteiger partial charge in [0.25, 0.3) is 0 Å². The van der Waals surface area contributed by atoms with Gasteiger partial charge in [0, 0.05) is 24.5 Å². The fraction of sp³-hybridized carbons (Fsp3) is 0.458. The molecule has 0 aromatic heterocycles. The Morgan fingerprint density at radius 3 is 2.23 bits per heavy atom. The lowest BCUT2D eigenvalue weighted by Gasteiger charge is -2.31. The smallest absolute Gasteiger partial charge is 0.248 e. The number of benzene rings is 2. The summed E-state index contributed by atoms with van der Waals surface area (Å²) in [7, 11) is -3.65. The Morgan fingerprint density at radius 2 is 1.68 bits per heavy atom. The van der Waals surface area contributed by atoms with E-state index in [1.165, 1.54) is 23.6 Å². The first-order valence-electron chi connectivity index (χ1n) is 10.9. The van der Waals surface area contributed by atoms with Crippen LogP contribution in [0.3, 0.4) is 0 Å². The summed E-state index contributed by atoms with van der Waals surface area (Å²) in [5.74, 6) is -0.336. The molecule has 2 aromatic carbocycles. The Bertz CT molecular complexity index is 1010. The normalized spacial score (nSPS) is 15.4. The van der Waals surface area contributed by atoms with Crippen LogP contribution in [-0.4, -0.2) is 39.7 Å². The van der Waals surface area contributed by atoms with E-state index in [4.69, 9.17) is 0 Å². The standard InChI is InChI=1S/C24H33N3O3S/c1-5-23(27(31(4,29)30)22-12-9-18(2)19(3)17-22)24(28)25-20-10-13-21(14-11-20)26-15-7-6-8-16-26/h9-14,17,23H,5-8,15-16H2,1-4H3,(H,25,28)/t23-/m0/s1. The summed E-state index contributed by atoms with van der Waals surface area (Å²) in [5, 5.41) is 2.91. The first kappa shape index (κ1) is 23.1. The minimum atomic E-state index is -3.65. The Balaban J connectivity index is 1.80. The maximum Gasteiger partial charge on any atom is 0.248 e. The number of nitrogens with zero attached hydrogens (tertiary/aromatic N) is 2. The van der Waals surface area contributed by atoms with Gasteiger partial charge in [0.1, 0.15) is 6.04 Å². The quantitative estimate of drug-likeness (QED) is 0.685. The third-order valence-corrected chi connectivity index (χ3v) is 7.11. The highest BCUT2D eigenvalue weighted by Crippen LogP contribution is 2.26. The molecule has 2 aromatic rings. The first-order chi connectivity index (χ1) is 14.7. The molecule has 1 aliphatic rings. The maximum atomic E-state index is 13.1. The van der Waals surface area contributed by atoms with Crippen molar-refractivity contribution >= 4 is 33.0 Å². The number of carbonyl (C=O) groups excluding carboxylic acids is 1. The second-order valence-electron chi connectivity index (χ2n) is 8.34. The molecule has 168 valence electrons. The third kappa shape index (κ3) is 5.58. The van der Waals surface area contributed by atoms with Gasteiger partial charge in [0.2, 0.25) is 15.9 Å². The SMILES string of the molecule is CC[C@@H](C(=O)Nc1ccc(N2CCCCC2)cc1)N(c1ccc(C)c(C)c1)S(C)(=O)=O. The van der Waals surface area contributed by atoms with Crippen molar-refractivity contribution in [3.05, 3.63) is 53.6 Å². The molecule has 1 N–H and O–H groups in total. The van der Waals surface area contributed by atoms with E-state index in [0.29, 0.717) is 17.8 Å². The van der Waals surface area contributed by atoms with Gasteiger partial charge >= 0.3 is 0 Å². The minimum absolute atomic E-state index is 0.336. The average molecular weight is 444 g/mol. The van der Waals surface area contributed by atoms with Crippen LogP contribution in [0.4, 0.5) is 17.1 Å². The predicted octanol–water partition coefficient (Wildman–Crippen LogP) is 4.48. The van der Waals surface area contributed by atoms with E-state index in [0.717, 1.165) is 36.2 Å². The summed E-state index contributed by atoms with van der Waals surface area (Å²) in [4.78, 5) is 15.5. The van der Waals surface area contributed by atoms with Crippen molar-refractivity contribution in [1.82, 2.24) is 0 Å². The lowest BCUT2D eigenvalue weighted by molar-refractivity contribution is -0.117. The highest BCUT2D eigenvalue weighted by Gasteiger charge is 2.31. The molecule has 1 aliphatic heterocycles. The molecule has 7 heteroatoms. The fourth-order valence-electron chi connectivity index (χ4n) is 4.06. The molecule has 1 heterocycles. The summed E-state index contributed by atoms with van der Waals surface area (Å²) in [5.41, 5.74) is 4.38. The number of sulfonamides is 1. The van der Waals surface area contributed by atoms with Crippen molar-refractivity contribution in [3.8, 4) is 0 Å². The number of nitrogens with one attached hydrogen (secondary N) is 1. The molecular formula is C24H33N3O3S. The largest absolute Gasteiger partial charge is 0.372 e. The summed E-state index contributed by atoms with van der Waals surface area (Å²) in [6.07, 6.45) is 5.19. The Morgan fingerprint density at radius 1 is 1.03 bits per heavy atom. The molecular weight excluding hydrogens is 410 g/mol. The molecule has 1 atom stereocenters. The van der Waals surface area contributed by atoms with Crippen LogP contribution in [-0.2, 0) is 14.8 Å². The van der Waals surface area contributed by atoms with E-state index in [2.05, 4.69) is 10.2 Å². The van der Waals surface area contributed by atoms with Gasteiger partial charge in [0.15, 0.2) is 0 Å². The second kappa shape index (κ2) is 9.73. The van der Waals surface area contributed by atoms with Crippen molar-refractivity contribution in [3.63, 3.8) is 0 Å². The van der Waals surface area contributed by atoms with E-state index >= 15 is 0 Å². The van der Waals surface area contributed by atoms with Crippen molar-refractivity contribution in [1.29, 1.82) is 0 Å². The van der Waals surface area contributed by atoms with Crippen LogP contribution >= 0.6 is 0 Å². The average Bonchev–Trinajstić information content (AvgIpc) is 2.74. The molecule has 1 fully saturated rings. The number of rotatable bonds is 7. The lowest BCUT2D eigenvalue weighted by Crippen LogP contribution is -2.47. The summed E-state index contributed by atoms with van der Waals surface area (Å²) >= 11 is 0. The van der Waals surface area contributed by atoms with Gasteiger partial charge in [-0.3, -0.25) is 9.10 Å². The van der Waals surface area contributed by atoms with E-state index in [-0.39, 0.29) is 5.91 Å². The van der Waals surface area contributed by atoms with Crippen LogP contribution in [0, 0.1) is 13.8 Å². The summed E-state index contributed by atoms with van der Waals surface area (Å²) < 4.78 is 26.5. The van der Waals surface area contributed by atoms with E-state index in [1.54, 1.807) is 6.07 Å². The number of anilines is 3. The summed E-state index contributed by atoms with van der Waals surface area (Å²) in [6.45, 7) is 7.85. The molecule has 0 unspecified atom stereocenters. The van der Waals surface area contributed by atoms with Crippen molar-refractivity contribution in [2.24, 2.45) is 0 Å². The zero-order valence-electron chi connectivity index (χ0n) is 18.9. The van der Waals surface area contributed by atoms with Crippen LogP contribution in [0.1, 0.15) is 43.7 Å². The van der Waals surface area contributed by atoms with Crippen LogP contribution < -0.4 is 14.5 Å². The lowest BCUT2D eigenvalue weighted by atomic mass is 10.1. The van der Waals surface area contributed by atoms with Crippen LogP contribution in [0.5, 0.6) is 0 Å². The molecule has 6 nitrogen and oxygen atoms in total. The zero-order chi connectivity index (χ0) is 22.6. The molecule has 0 radical (unpaired) electrons. The second-order valence-corrected chi connectivity index (χ2v) is 10.2. The number of amides is 1. The highest BCUT2D eigenvalue weighted by atomic mass is 32.2. The molecule has 0 aliphatic carbocycles. The van der Waals surface area contributed by atoms with Gasteiger partial charge in [0.05, 0.1) is 11.9 Å². The number of carbonyl (C=O) groups is 1. The van der Waals surface area contributed by atoms with Crippen LogP contribution in [0.2, 0.25) is 0 Å². The zero-order valence-corrected chi connectivity index (χ0v) is 19.7. The van der Waals surface area contributed by atoms with Gasteiger partial charge in [-0.25, -0.2) is 8.42 Å². The van der Waals surface area contributed by atoms with Crippen molar-refractivity contribution in [2.75, 3.05) is 33.9 Å². The third-order valence-electron chi connectivity index (χ3n) is 5.93. The highest BCUT2D eigenvalue weighted by molar-refractivity contribution is 7.92. The van der Waals surface area contributed by atoms with Crippen LogP contribution in [0.15, 0.2) is 42.5 Å². The van der Waals surface area contributed by atoms with Gasteiger partial charge in [-0.15, -0.1) is 0 Å². The monoisotopic (exact) mass is 443 g/mol. The van der Waals surface area contributed by atoms with E-state index in [1.807, 2.05) is 57.2 Å². The first-order valence-corrected chi connectivity index (χ1v) is 12.8. The maximum absolute atomic E-state index is 13.1. The molecule has 1 amide bonds. The number of aryl methyl sites for hydroxylation is 2. The fourth-order valence-corrected chi connectivity index (χ4v) is 5.26. The van der Waals surface area contributed by atoms with Gasteiger partial charge < -0.3 is 10.2 Å². The summed E-state index contributed by atoms with van der Waals surface area (Å²) in [6, 6.07) is 12.4. The van der Waals surface area contributed by atoms with Gasteiger partial charge in [-0.2, -0.15) is 0 Å². The molecule has 31 heavy (non-hydrogen) atoms. The van der Waals surface area contributed by atoms with Crippen LogP contribution in [0.25, 0.3) is 0 Å². The number of piperidine rings is 1. The van der Waals surface area contributed by atoms with E-state index < -0.39 is 16.1 Å². The molecule has 3 rings (SSSR count). The van der Waals surface area contributed by atoms with Crippen molar-refractivity contribution < 1.29 is 13.2 Å². The number of hydrogen-bond acceptors (Lipinski definition) is 4. The topological polar surface area (TPSA) is 69.7 Å².